The van der Waals surface area contributed by atoms with Crippen molar-refractivity contribution in [2.24, 2.45) is 4.72 Å². The second-order valence-electron chi connectivity index (χ2n) is 3.36. The Morgan fingerprint density at radius 2 is 1.92 bits per heavy atom. The topological polar surface area (TPSA) is 26.0 Å². The van der Waals surface area contributed by atoms with Crippen molar-refractivity contribution >= 4 is 14.4 Å². The Bertz CT molecular complexity index is 208. The molecule has 0 saturated heterocycles. The van der Waals surface area contributed by atoms with Crippen molar-refractivity contribution in [3.63, 3.8) is 0 Å². The van der Waals surface area contributed by atoms with Gasteiger partial charge >= 0.3 is 14.4 Å². The van der Waals surface area contributed by atoms with Gasteiger partial charge in [-0.3, -0.25) is 0 Å². The summed E-state index contributed by atoms with van der Waals surface area (Å²) in [6.07, 6.45) is 2.45. The van der Waals surface area contributed by atoms with Crippen LogP contribution in [-0.4, -0.2) is 14.4 Å². The monoisotopic (exact) mass is 177 g/mol. The van der Waals surface area contributed by atoms with Gasteiger partial charge in [-0.2, -0.15) is 0 Å². The molecule has 0 unspecified atom stereocenters. The molecule has 2 heteroatoms. The van der Waals surface area contributed by atoms with E-state index in [-0.39, 0.29) is 0 Å². The van der Waals surface area contributed by atoms with E-state index in [4.69, 9.17) is 4.72 Å². The fourth-order valence-corrected chi connectivity index (χ4v) is 2.12. The number of benzene rings is 1. The molecule has 1 aromatic rings. The molecule has 0 spiro atoms. The van der Waals surface area contributed by atoms with Crippen LogP contribution in [0.4, 0.5) is 0 Å². The van der Waals surface area contributed by atoms with E-state index in [1.165, 1.54) is 23.7 Å². The molecule has 12 heavy (non-hydrogen) atoms. The number of nitrogens with two attached hydrogens (primary N) is 1. The average Bonchev–Trinajstić information content (AvgIpc) is 2.05. The Kier molecular flexibility index (Phi) is 4.39. The molecule has 1 rings (SSSR count). The normalized spacial score (nSPS) is 9.83. The fraction of sp³-hybridized carbons (Fsp3) is 0.400. The highest BCUT2D eigenvalue weighted by atomic mass is 27.2. The lowest BCUT2D eigenvalue weighted by molar-refractivity contribution is 0.907. The summed E-state index contributed by atoms with van der Waals surface area (Å²) in [5.74, 6) is 2.20. The maximum atomic E-state index is 5.80. The second-order valence-corrected chi connectivity index (χ2v) is 5.89. The van der Waals surface area contributed by atoms with E-state index in [0.29, 0.717) is 0 Å². The van der Waals surface area contributed by atoms with Crippen LogP contribution in [0.15, 0.2) is 30.3 Å². The molecule has 0 radical (unpaired) electrons. The lowest BCUT2D eigenvalue weighted by Crippen LogP contribution is -2.19. The highest BCUT2D eigenvalue weighted by Gasteiger charge is 2.02. The smallest absolute Gasteiger partial charge is 0.363 e. The SMILES string of the molecule is [CH3][Al]([NH2])[CH2]CCc1ccccc1. The lowest BCUT2D eigenvalue weighted by Gasteiger charge is -2.00. The third kappa shape index (κ3) is 3.92. The standard InChI is InChI=1S/C9H11.CH3.Al.H2N/c1-2-6-9-7-4-3-5-8-9;;;/h3-5,7-8H,1-2,6H2;1H3;;1H2/q;;+1;-1. The van der Waals surface area contributed by atoms with Gasteiger partial charge in [-0.05, 0) is 12.0 Å². The van der Waals surface area contributed by atoms with Gasteiger partial charge in [0.1, 0.15) is 0 Å². The minimum atomic E-state index is -0.812. The molecule has 0 bridgehead atoms. The lowest BCUT2D eigenvalue weighted by atomic mass is 10.1. The van der Waals surface area contributed by atoms with Crippen molar-refractivity contribution in [3.05, 3.63) is 35.9 Å². The molecule has 0 fully saturated rings. The zero-order chi connectivity index (χ0) is 8.81. The van der Waals surface area contributed by atoms with Crippen molar-refractivity contribution in [1.29, 1.82) is 0 Å². The van der Waals surface area contributed by atoms with Crippen molar-refractivity contribution < 1.29 is 0 Å². The maximum Gasteiger partial charge on any atom is 0.363 e. The highest BCUT2D eigenvalue weighted by Crippen LogP contribution is 2.04. The number of rotatable bonds is 4. The summed E-state index contributed by atoms with van der Waals surface area (Å²) in [6, 6.07) is 10.6. The van der Waals surface area contributed by atoms with Gasteiger partial charge in [-0.1, -0.05) is 47.8 Å². The van der Waals surface area contributed by atoms with Crippen molar-refractivity contribution in [3.8, 4) is 0 Å². The minimum Gasteiger partial charge on any atom is -0.413 e. The first-order valence-corrected chi connectivity index (χ1v) is 7.22. The summed E-state index contributed by atoms with van der Waals surface area (Å²) in [7, 11) is 0. The fourth-order valence-electron chi connectivity index (χ4n) is 1.27. The van der Waals surface area contributed by atoms with Gasteiger partial charge < -0.3 is 4.72 Å². The first-order chi connectivity index (χ1) is 5.79. The first-order valence-electron chi connectivity index (χ1n) is 4.58. The van der Waals surface area contributed by atoms with Crippen molar-refractivity contribution in [2.45, 2.75) is 23.9 Å². The van der Waals surface area contributed by atoms with Crippen molar-refractivity contribution in [2.75, 3.05) is 0 Å². The molecule has 0 heterocycles. The molecule has 2 N–H and O–H groups in total. The van der Waals surface area contributed by atoms with Crippen molar-refractivity contribution in [1.82, 2.24) is 0 Å². The van der Waals surface area contributed by atoms with Crippen LogP contribution in [0.25, 0.3) is 0 Å². The molecule has 64 valence electrons. The highest BCUT2D eigenvalue weighted by molar-refractivity contribution is 6.53. The maximum absolute atomic E-state index is 5.80. The van der Waals surface area contributed by atoms with E-state index < -0.39 is 14.4 Å². The quantitative estimate of drug-likeness (QED) is 0.701. The van der Waals surface area contributed by atoms with Gasteiger partial charge in [0, 0.05) is 0 Å². The number of aryl methyl sites for hydroxylation is 1. The van der Waals surface area contributed by atoms with E-state index in [9.17, 15) is 0 Å². The molecule has 1 aromatic carbocycles. The molecular formula is C10H16AlN. The van der Waals surface area contributed by atoms with Crippen LogP contribution in [0.1, 0.15) is 12.0 Å². The Morgan fingerprint density at radius 1 is 1.25 bits per heavy atom. The van der Waals surface area contributed by atoms with Gasteiger partial charge in [-0.25, -0.2) is 0 Å². The van der Waals surface area contributed by atoms with Gasteiger partial charge in [0.25, 0.3) is 0 Å². The number of hydrogen-bond acceptors (Lipinski definition) is 1. The molecule has 1 nitrogen and oxygen atoms in total. The molecule has 0 atom stereocenters. The van der Waals surface area contributed by atoms with Gasteiger partial charge in [0.2, 0.25) is 0 Å². The van der Waals surface area contributed by atoms with Crippen LogP contribution in [0.5, 0.6) is 0 Å². The summed E-state index contributed by atoms with van der Waals surface area (Å²) in [5.41, 5.74) is 1.44. The Balaban J connectivity index is 2.25. The summed E-state index contributed by atoms with van der Waals surface area (Å²) in [6.45, 7) is 0. The minimum absolute atomic E-state index is 0.812. The largest absolute Gasteiger partial charge is 0.413 e. The van der Waals surface area contributed by atoms with Crippen LogP contribution in [-0.2, 0) is 6.42 Å². The molecule has 0 aliphatic carbocycles. The predicted octanol–water partition coefficient (Wildman–Crippen LogP) is 2.20. The third-order valence-corrected chi connectivity index (χ3v) is 3.29. The molecule has 0 amide bonds. The van der Waals surface area contributed by atoms with E-state index in [0.717, 1.165) is 0 Å². The number of hydrogen-bond donors (Lipinski definition) is 1. The van der Waals surface area contributed by atoms with Crippen LogP contribution in [0, 0.1) is 0 Å². The molecular weight excluding hydrogens is 161 g/mol. The van der Waals surface area contributed by atoms with Crippen LogP contribution in [0.3, 0.4) is 0 Å². The van der Waals surface area contributed by atoms with Gasteiger partial charge in [0.05, 0.1) is 0 Å². The molecule has 0 aliphatic rings. The Hall–Kier alpha value is -0.288. The second kappa shape index (κ2) is 5.37. The third-order valence-electron chi connectivity index (χ3n) is 1.97. The predicted molar refractivity (Wildman–Crippen MR) is 55.4 cm³/mol. The van der Waals surface area contributed by atoms with E-state index >= 15 is 0 Å². The zero-order valence-corrected chi connectivity index (χ0v) is 8.82. The summed E-state index contributed by atoms with van der Waals surface area (Å²) >= 11 is -0.812. The van der Waals surface area contributed by atoms with E-state index in [1.54, 1.807) is 0 Å². The van der Waals surface area contributed by atoms with Crippen LogP contribution in [0.2, 0.25) is 11.1 Å². The summed E-state index contributed by atoms with van der Waals surface area (Å²) in [4.78, 5) is 0. The van der Waals surface area contributed by atoms with Crippen LogP contribution >= 0.6 is 0 Å². The summed E-state index contributed by atoms with van der Waals surface area (Å²) in [5, 5.41) is 1.26. The Morgan fingerprint density at radius 3 is 2.50 bits per heavy atom. The molecule has 0 aliphatic heterocycles. The van der Waals surface area contributed by atoms with E-state index in [2.05, 4.69) is 36.1 Å². The van der Waals surface area contributed by atoms with Gasteiger partial charge in [-0.15, -0.1) is 0 Å². The zero-order valence-electron chi connectivity index (χ0n) is 7.66. The Labute approximate surface area is 79.2 Å². The molecule has 0 aromatic heterocycles. The first kappa shape index (κ1) is 9.80. The molecule has 0 saturated carbocycles. The van der Waals surface area contributed by atoms with Gasteiger partial charge in [0.15, 0.2) is 0 Å². The van der Waals surface area contributed by atoms with Crippen LogP contribution < -0.4 is 4.72 Å². The average molecular weight is 177 g/mol. The van der Waals surface area contributed by atoms with E-state index in [1.807, 2.05) is 0 Å². The summed E-state index contributed by atoms with van der Waals surface area (Å²) < 4.78 is 5.80.